The lowest BCUT2D eigenvalue weighted by Crippen LogP contribution is -2.32. The monoisotopic (exact) mass is 188 g/mol. The van der Waals surface area contributed by atoms with Crippen molar-refractivity contribution in [1.82, 2.24) is 5.32 Å². The molecule has 1 atom stereocenters. The predicted octanol–water partition coefficient (Wildman–Crippen LogP) is 1.86. The van der Waals surface area contributed by atoms with Gasteiger partial charge >= 0.3 is 0 Å². The highest BCUT2D eigenvalue weighted by atomic mass is 14.9. The van der Waals surface area contributed by atoms with Crippen molar-refractivity contribution >= 4 is 6.21 Å². The molecule has 1 aromatic rings. The summed E-state index contributed by atoms with van der Waals surface area (Å²) in [6.45, 7) is 2.18. The standard InChI is InChI=1S/C12H16N2/c1-2-5-11(6-3-1)9-14-12-7-4-8-13-10-12/h1-3,5-6,9,12-13H,4,7-8,10H2. The molecule has 0 aromatic heterocycles. The lowest BCUT2D eigenvalue weighted by Gasteiger charge is -2.18. The summed E-state index contributed by atoms with van der Waals surface area (Å²) >= 11 is 0. The van der Waals surface area contributed by atoms with Gasteiger partial charge in [0.05, 0.1) is 6.04 Å². The molecule has 1 aliphatic rings. The molecule has 1 N–H and O–H groups in total. The van der Waals surface area contributed by atoms with E-state index < -0.39 is 0 Å². The second kappa shape index (κ2) is 4.91. The maximum Gasteiger partial charge on any atom is 0.0624 e. The second-order valence-corrected chi connectivity index (χ2v) is 3.69. The van der Waals surface area contributed by atoms with E-state index in [1.807, 2.05) is 24.4 Å². The van der Waals surface area contributed by atoms with E-state index in [1.54, 1.807) is 0 Å². The Kier molecular flexibility index (Phi) is 3.30. The van der Waals surface area contributed by atoms with Gasteiger partial charge in [0, 0.05) is 12.8 Å². The van der Waals surface area contributed by atoms with Gasteiger partial charge in [0.25, 0.3) is 0 Å². The Bertz CT molecular complexity index is 286. The van der Waals surface area contributed by atoms with E-state index >= 15 is 0 Å². The average Bonchev–Trinajstić information content (AvgIpc) is 2.29. The van der Waals surface area contributed by atoms with E-state index in [-0.39, 0.29) is 0 Å². The van der Waals surface area contributed by atoms with Crippen LogP contribution in [-0.2, 0) is 0 Å². The van der Waals surface area contributed by atoms with Gasteiger partial charge in [-0.05, 0) is 24.9 Å². The molecule has 0 spiro atoms. The fourth-order valence-corrected chi connectivity index (χ4v) is 1.69. The van der Waals surface area contributed by atoms with Crippen molar-refractivity contribution in [2.75, 3.05) is 13.1 Å². The number of rotatable bonds is 2. The molecule has 74 valence electrons. The minimum Gasteiger partial charge on any atom is -0.315 e. The van der Waals surface area contributed by atoms with Crippen LogP contribution >= 0.6 is 0 Å². The van der Waals surface area contributed by atoms with E-state index in [0.717, 1.165) is 13.1 Å². The molecule has 2 heteroatoms. The Morgan fingerprint density at radius 3 is 2.86 bits per heavy atom. The van der Waals surface area contributed by atoms with Crippen LogP contribution in [0, 0.1) is 0 Å². The number of hydrogen-bond donors (Lipinski definition) is 1. The Morgan fingerprint density at radius 1 is 1.29 bits per heavy atom. The van der Waals surface area contributed by atoms with Gasteiger partial charge in [0.2, 0.25) is 0 Å². The van der Waals surface area contributed by atoms with Crippen molar-refractivity contribution in [1.29, 1.82) is 0 Å². The van der Waals surface area contributed by atoms with Crippen molar-refractivity contribution in [3.63, 3.8) is 0 Å². The van der Waals surface area contributed by atoms with Crippen molar-refractivity contribution in [2.45, 2.75) is 18.9 Å². The molecule has 1 fully saturated rings. The number of nitrogens with zero attached hydrogens (tertiary/aromatic N) is 1. The molecule has 2 rings (SSSR count). The number of hydrogen-bond acceptors (Lipinski definition) is 2. The maximum atomic E-state index is 4.57. The van der Waals surface area contributed by atoms with Crippen LogP contribution in [0.2, 0.25) is 0 Å². The highest BCUT2D eigenvalue weighted by Gasteiger charge is 2.09. The highest BCUT2D eigenvalue weighted by Crippen LogP contribution is 2.05. The Morgan fingerprint density at radius 2 is 2.14 bits per heavy atom. The summed E-state index contributed by atoms with van der Waals surface area (Å²) in [5, 5.41) is 3.36. The van der Waals surface area contributed by atoms with Crippen LogP contribution in [0.5, 0.6) is 0 Å². The molecule has 14 heavy (non-hydrogen) atoms. The van der Waals surface area contributed by atoms with Crippen molar-refractivity contribution in [2.24, 2.45) is 4.99 Å². The SMILES string of the molecule is C(=NC1CCCNC1)c1ccccc1. The van der Waals surface area contributed by atoms with Crippen LogP contribution in [0.15, 0.2) is 35.3 Å². The van der Waals surface area contributed by atoms with Crippen LogP contribution in [0.3, 0.4) is 0 Å². The van der Waals surface area contributed by atoms with Crippen molar-refractivity contribution in [3.05, 3.63) is 35.9 Å². The first-order valence-electron chi connectivity index (χ1n) is 5.24. The zero-order valence-corrected chi connectivity index (χ0v) is 8.32. The summed E-state index contributed by atoms with van der Waals surface area (Å²) < 4.78 is 0. The van der Waals surface area contributed by atoms with Gasteiger partial charge in [-0.2, -0.15) is 0 Å². The Labute approximate surface area is 85.1 Å². The molecule has 0 radical (unpaired) electrons. The minimum atomic E-state index is 0.476. The van der Waals surface area contributed by atoms with Gasteiger partial charge in [0.1, 0.15) is 0 Å². The molecule has 1 aliphatic heterocycles. The zero-order valence-electron chi connectivity index (χ0n) is 8.32. The molecule has 0 aliphatic carbocycles. The smallest absolute Gasteiger partial charge is 0.0624 e. The van der Waals surface area contributed by atoms with Gasteiger partial charge in [-0.1, -0.05) is 30.3 Å². The van der Waals surface area contributed by atoms with Crippen LogP contribution in [0.4, 0.5) is 0 Å². The van der Waals surface area contributed by atoms with Gasteiger partial charge in [-0.3, -0.25) is 4.99 Å². The molecule has 1 aromatic carbocycles. The highest BCUT2D eigenvalue weighted by molar-refractivity contribution is 5.79. The summed E-state index contributed by atoms with van der Waals surface area (Å²) in [4.78, 5) is 4.57. The fraction of sp³-hybridized carbons (Fsp3) is 0.417. The first kappa shape index (κ1) is 9.41. The third-order valence-electron chi connectivity index (χ3n) is 2.50. The van der Waals surface area contributed by atoms with Gasteiger partial charge in [-0.25, -0.2) is 0 Å². The van der Waals surface area contributed by atoms with E-state index in [2.05, 4.69) is 22.4 Å². The second-order valence-electron chi connectivity index (χ2n) is 3.69. The lowest BCUT2D eigenvalue weighted by atomic mass is 10.1. The molecular weight excluding hydrogens is 172 g/mol. The summed E-state index contributed by atoms with van der Waals surface area (Å²) in [5.41, 5.74) is 1.19. The van der Waals surface area contributed by atoms with Crippen molar-refractivity contribution < 1.29 is 0 Å². The Hall–Kier alpha value is -1.15. The molecule has 0 saturated carbocycles. The minimum absolute atomic E-state index is 0.476. The number of piperidine rings is 1. The number of aliphatic imine (C=N–C) groups is 1. The molecule has 0 bridgehead atoms. The van der Waals surface area contributed by atoms with E-state index in [9.17, 15) is 0 Å². The summed E-state index contributed by atoms with van der Waals surface area (Å²) in [5.74, 6) is 0. The molecule has 1 saturated heterocycles. The van der Waals surface area contributed by atoms with Crippen LogP contribution in [0.1, 0.15) is 18.4 Å². The third-order valence-corrected chi connectivity index (χ3v) is 2.50. The first-order valence-corrected chi connectivity index (χ1v) is 5.24. The van der Waals surface area contributed by atoms with Crippen LogP contribution in [-0.4, -0.2) is 25.3 Å². The number of nitrogens with one attached hydrogen (secondary N) is 1. The average molecular weight is 188 g/mol. The quantitative estimate of drug-likeness (QED) is 0.704. The molecule has 1 unspecified atom stereocenters. The van der Waals surface area contributed by atoms with E-state index in [0.29, 0.717) is 6.04 Å². The van der Waals surface area contributed by atoms with Crippen LogP contribution in [0.25, 0.3) is 0 Å². The predicted molar refractivity (Wildman–Crippen MR) is 59.9 cm³/mol. The zero-order chi connectivity index (χ0) is 9.64. The normalized spacial score (nSPS) is 22.7. The molecule has 1 heterocycles. The summed E-state index contributed by atoms with van der Waals surface area (Å²) in [6, 6.07) is 10.8. The van der Waals surface area contributed by atoms with Gasteiger partial charge in [-0.15, -0.1) is 0 Å². The molecule has 2 nitrogen and oxygen atoms in total. The lowest BCUT2D eigenvalue weighted by molar-refractivity contribution is 0.462. The van der Waals surface area contributed by atoms with Gasteiger partial charge < -0.3 is 5.32 Å². The van der Waals surface area contributed by atoms with Crippen LogP contribution < -0.4 is 5.32 Å². The summed E-state index contributed by atoms with van der Waals surface area (Å²) in [6.07, 6.45) is 4.45. The topological polar surface area (TPSA) is 24.4 Å². The van der Waals surface area contributed by atoms with Crippen molar-refractivity contribution in [3.8, 4) is 0 Å². The fourth-order valence-electron chi connectivity index (χ4n) is 1.69. The largest absolute Gasteiger partial charge is 0.315 e. The number of benzene rings is 1. The maximum absolute atomic E-state index is 4.57. The summed E-state index contributed by atoms with van der Waals surface area (Å²) in [7, 11) is 0. The van der Waals surface area contributed by atoms with E-state index in [1.165, 1.54) is 18.4 Å². The van der Waals surface area contributed by atoms with E-state index in [4.69, 9.17) is 0 Å². The van der Waals surface area contributed by atoms with Gasteiger partial charge in [0.15, 0.2) is 0 Å². The first-order chi connectivity index (χ1) is 6.95. The molecule has 0 amide bonds. The molecular formula is C12H16N2. The third kappa shape index (κ3) is 2.67. The Balaban J connectivity index is 1.93.